The third-order valence-electron chi connectivity index (χ3n) is 3.15. The minimum absolute atomic E-state index is 0.0830. The molecule has 0 N–H and O–H groups in total. The molecule has 138 valence electrons. The van der Waals surface area contributed by atoms with Gasteiger partial charge in [-0.1, -0.05) is 37.2 Å². The van der Waals surface area contributed by atoms with Crippen LogP contribution < -0.4 is 5.56 Å². The SMILES string of the molecule is CC(C)Cn1c(SCCOCC(F)(F)F)nc2ccc(Cl)cc2c1=O. The highest BCUT2D eigenvalue weighted by Crippen LogP contribution is 2.21. The van der Waals surface area contributed by atoms with E-state index >= 15 is 0 Å². The molecule has 0 aliphatic heterocycles. The van der Waals surface area contributed by atoms with E-state index in [0.29, 0.717) is 27.6 Å². The van der Waals surface area contributed by atoms with Crippen LogP contribution >= 0.6 is 23.4 Å². The van der Waals surface area contributed by atoms with Gasteiger partial charge in [0.2, 0.25) is 0 Å². The highest BCUT2D eigenvalue weighted by Gasteiger charge is 2.27. The number of rotatable bonds is 7. The predicted molar refractivity (Wildman–Crippen MR) is 93.4 cm³/mol. The number of halogens is 4. The Morgan fingerprint density at radius 2 is 2.08 bits per heavy atom. The van der Waals surface area contributed by atoms with E-state index in [-0.39, 0.29) is 23.8 Å². The lowest BCUT2D eigenvalue weighted by molar-refractivity contribution is -0.172. The van der Waals surface area contributed by atoms with Gasteiger partial charge < -0.3 is 4.74 Å². The molecule has 1 aromatic heterocycles. The number of alkyl halides is 3. The Hall–Kier alpha value is -1.25. The Kier molecular flexibility index (Phi) is 6.76. The molecular formula is C16H18ClF3N2O2S. The van der Waals surface area contributed by atoms with Crippen LogP contribution in [0.15, 0.2) is 28.2 Å². The van der Waals surface area contributed by atoms with Gasteiger partial charge in [-0.05, 0) is 24.1 Å². The molecule has 4 nitrogen and oxygen atoms in total. The molecule has 0 atom stereocenters. The third kappa shape index (κ3) is 5.90. The summed E-state index contributed by atoms with van der Waals surface area (Å²) in [6.07, 6.45) is -4.34. The normalized spacial score (nSPS) is 12.3. The summed E-state index contributed by atoms with van der Waals surface area (Å²) in [5, 5.41) is 1.33. The largest absolute Gasteiger partial charge is 0.411 e. The number of nitrogens with zero attached hydrogens (tertiary/aromatic N) is 2. The first-order chi connectivity index (χ1) is 11.7. The van der Waals surface area contributed by atoms with Gasteiger partial charge in [0.25, 0.3) is 5.56 Å². The van der Waals surface area contributed by atoms with Gasteiger partial charge in [0.1, 0.15) is 6.61 Å². The van der Waals surface area contributed by atoms with Crippen LogP contribution in [0.4, 0.5) is 13.2 Å². The molecule has 0 spiro atoms. The maximum absolute atomic E-state index is 12.7. The fourth-order valence-corrected chi connectivity index (χ4v) is 3.22. The van der Waals surface area contributed by atoms with Gasteiger partial charge in [0.15, 0.2) is 5.16 Å². The maximum Gasteiger partial charge on any atom is 0.411 e. The van der Waals surface area contributed by atoms with Gasteiger partial charge in [-0.25, -0.2) is 4.98 Å². The molecule has 0 bridgehead atoms. The standard InChI is InChI=1S/C16H18ClF3N2O2S/c1-10(2)8-22-14(23)12-7-11(17)3-4-13(12)21-15(22)25-6-5-24-9-16(18,19)20/h3-4,7,10H,5-6,8-9H2,1-2H3. The summed E-state index contributed by atoms with van der Waals surface area (Å²) in [5.74, 6) is 0.469. The van der Waals surface area contributed by atoms with E-state index in [0.717, 1.165) is 0 Å². The van der Waals surface area contributed by atoms with Crippen LogP contribution in [-0.2, 0) is 11.3 Å². The Bertz CT molecular complexity index is 793. The van der Waals surface area contributed by atoms with E-state index in [2.05, 4.69) is 9.72 Å². The number of hydrogen-bond donors (Lipinski definition) is 0. The molecule has 0 aliphatic carbocycles. The Balaban J connectivity index is 2.22. The maximum atomic E-state index is 12.7. The molecule has 0 aliphatic rings. The van der Waals surface area contributed by atoms with E-state index in [1.165, 1.54) is 16.3 Å². The van der Waals surface area contributed by atoms with Crippen molar-refractivity contribution in [2.24, 2.45) is 5.92 Å². The monoisotopic (exact) mass is 394 g/mol. The molecule has 9 heteroatoms. The molecule has 0 fully saturated rings. The molecular weight excluding hydrogens is 377 g/mol. The summed E-state index contributed by atoms with van der Waals surface area (Å²) < 4.78 is 42.4. The number of hydrogen-bond acceptors (Lipinski definition) is 4. The Morgan fingerprint density at radius 3 is 2.72 bits per heavy atom. The second-order valence-electron chi connectivity index (χ2n) is 5.88. The second-order valence-corrected chi connectivity index (χ2v) is 7.38. The number of fused-ring (bicyclic) bond motifs is 1. The van der Waals surface area contributed by atoms with Crippen molar-refractivity contribution in [3.63, 3.8) is 0 Å². The number of ether oxygens (including phenoxy) is 1. The van der Waals surface area contributed by atoms with Crippen molar-refractivity contribution < 1.29 is 17.9 Å². The zero-order valence-electron chi connectivity index (χ0n) is 13.8. The molecule has 0 unspecified atom stereocenters. The zero-order valence-corrected chi connectivity index (χ0v) is 15.3. The van der Waals surface area contributed by atoms with Crippen molar-refractivity contribution in [2.75, 3.05) is 19.0 Å². The first kappa shape index (κ1) is 20.1. The molecule has 0 saturated carbocycles. The number of aromatic nitrogens is 2. The average Bonchev–Trinajstić information content (AvgIpc) is 2.50. The molecule has 1 heterocycles. The quantitative estimate of drug-likeness (QED) is 0.397. The highest BCUT2D eigenvalue weighted by molar-refractivity contribution is 7.99. The highest BCUT2D eigenvalue weighted by atomic mass is 35.5. The van der Waals surface area contributed by atoms with Gasteiger partial charge in [0.05, 0.1) is 17.5 Å². The average molecular weight is 395 g/mol. The number of thioether (sulfide) groups is 1. The predicted octanol–water partition coefficient (Wildman–Crippen LogP) is 4.38. The Labute approximate surface area is 152 Å². The minimum atomic E-state index is -4.34. The summed E-state index contributed by atoms with van der Waals surface area (Å²) in [5.41, 5.74) is 0.299. The van der Waals surface area contributed by atoms with Crippen molar-refractivity contribution in [1.29, 1.82) is 0 Å². The van der Waals surface area contributed by atoms with Crippen molar-refractivity contribution in [2.45, 2.75) is 31.7 Å². The van der Waals surface area contributed by atoms with Crippen molar-refractivity contribution in [3.8, 4) is 0 Å². The molecule has 0 amide bonds. The van der Waals surface area contributed by atoms with E-state index in [4.69, 9.17) is 11.6 Å². The summed E-state index contributed by atoms with van der Waals surface area (Å²) in [4.78, 5) is 17.2. The fourth-order valence-electron chi connectivity index (χ4n) is 2.19. The molecule has 2 aromatic rings. The van der Waals surface area contributed by atoms with Crippen LogP contribution in [0.2, 0.25) is 5.02 Å². The molecule has 1 aromatic carbocycles. The van der Waals surface area contributed by atoms with Crippen LogP contribution in [0.3, 0.4) is 0 Å². The van der Waals surface area contributed by atoms with Crippen LogP contribution in [0.25, 0.3) is 10.9 Å². The lowest BCUT2D eigenvalue weighted by atomic mass is 10.2. The molecule has 2 rings (SSSR count). The van der Waals surface area contributed by atoms with Crippen LogP contribution in [0.5, 0.6) is 0 Å². The van der Waals surface area contributed by atoms with Crippen molar-refractivity contribution in [1.82, 2.24) is 9.55 Å². The van der Waals surface area contributed by atoms with E-state index in [9.17, 15) is 18.0 Å². The van der Waals surface area contributed by atoms with Crippen LogP contribution in [0, 0.1) is 5.92 Å². The third-order valence-corrected chi connectivity index (χ3v) is 4.33. The van der Waals surface area contributed by atoms with E-state index in [1.807, 2.05) is 13.8 Å². The molecule has 0 saturated heterocycles. The van der Waals surface area contributed by atoms with E-state index < -0.39 is 12.8 Å². The zero-order chi connectivity index (χ0) is 18.6. The van der Waals surface area contributed by atoms with Gasteiger partial charge in [0, 0.05) is 17.3 Å². The minimum Gasteiger partial charge on any atom is -0.371 e. The summed E-state index contributed by atoms with van der Waals surface area (Å²) in [6.45, 7) is 3.03. The van der Waals surface area contributed by atoms with Crippen molar-refractivity contribution >= 4 is 34.3 Å². The smallest absolute Gasteiger partial charge is 0.371 e. The topological polar surface area (TPSA) is 44.1 Å². The summed E-state index contributed by atoms with van der Waals surface area (Å²) >= 11 is 7.15. The van der Waals surface area contributed by atoms with E-state index in [1.54, 1.807) is 18.2 Å². The van der Waals surface area contributed by atoms with Crippen LogP contribution in [0.1, 0.15) is 13.8 Å². The summed E-state index contributed by atoms with van der Waals surface area (Å²) in [6, 6.07) is 4.87. The summed E-state index contributed by atoms with van der Waals surface area (Å²) in [7, 11) is 0. The van der Waals surface area contributed by atoms with Gasteiger partial charge >= 0.3 is 6.18 Å². The van der Waals surface area contributed by atoms with Crippen molar-refractivity contribution in [3.05, 3.63) is 33.6 Å². The first-order valence-corrected chi connectivity index (χ1v) is 9.01. The fraction of sp³-hybridized carbons (Fsp3) is 0.500. The molecule has 25 heavy (non-hydrogen) atoms. The lowest BCUT2D eigenvalue weighted by Crippen LogP contribution is -2.25. The Morgan fingerprint density at radius 1 is 1.36 bits per heavy atom. The molecule has 0 radical (unpaired) electrons. The van der Waals surface area contributed by atoms with Gasteiger partial charge in [-0.3, -0.25) is 9.36 Å². The van der Waals surface area contributed by atoms with Gasteiger partial charge in [-0.15, -0.1) is 0 Å². The van der Waals surface area contributed by atoms with Crippen LogP contribution in [-0.4, -0.2) is 34.7 Å². The van der Waals surface area contributed by atoms with Gasteiger partial charge in [-0.2, -0.15) is 13.2 Å². The number of benzene rings is 1. The first-order valence-electron chi connectivity index (χ1n) is 7.65. The second kappa shape index (κ2) is 8.42. The lowest BCUT2D eigenvalue weighted by Gasteiger charge is -2.15.